The zero-order valence-electron chi connectivity index (χ0n) is 9.82. The SMILES string of the molecule is c1ccc([C@@H]2c3ccccc3-c3cncn32)cc1. The molecule has 0 N–H and O–H groups in total. The number of aromatic nitrogens is 2. The van der Waals surface area contributed by atoms with Crippen molar-refractivity contribution in [3.8, 4) is 11.3 Å². The minimum atomic E-state index is 0.264. The van der Waals surface area contributed by atoms with E-state index in [2.05, 4.69) is 64.1 Å². The lowest BCUT2D eigenvalue weighted by molar-refractivity contribution is 0.712. The van der Waals surface area contributed by atoms with Crippen LogP contribution in [-0.2, 0) is 0 Å². The van der Waals surface area contributed by atoms with Crippen LogP contribution in [-0.4, -0.2) is 9.55 Å². The Labute approximate surface area is 106 Å². The quantitative estimate of drug-likeness (QED) is 0.491. The standard InChI is InChI=1S/C16H12N2/c1-2-6-12(7-3-1)16-14-9-5-4-8-13(14)15-10-17-11-18(15)16/h1-11,16H/t16-/m1/s1. The van der Waals surface area contributed by atoms with Gasteiger partial charge in [-0.05, 0) is 11.1 Å². The highest BCUT2D eigenvalue weighted by Crippen LogP contribution is 2.42. The molecule has 1 aliphatic rings. The number of imidazole rings is 1. The van der Waals surface area contributed by atoms with Gasteiger partial charge in [0, 0.05) is 5.56 Å². The van der Waals surface area contributed by atoms with Crippen LogP contribution in [0.5, 0.6) is 0 Å². The molecular formula is C16H12N2. The summed E-state index contributed by atoms with van der Waals surface area (Å²) in [5.74, 6) is 0. The molecule has 4 rings (SSSR count). The van der Waals surface area contributed by atoms with Crippen molar-refractivity contribution in [2.24, 2.45) is 0 Å². The first kappa shape index (κ1) is 9.66. The zero-order valence-corrected chi connectivity index (χ0v) is 9.82. The molecule has 1 aliphatic heterocycles. The second kappa shape index (κ2) is 3.57. The first-order valence-electron chi connectivity index (χ1n) is 6.11. The smallest absolute Gasteiger partial charge is 0.0959 e. The molecule has 86 valence electrons. The molecule has 0 saturated heterocycles. The van der Waals surface area contributed by atoms with Gasteiger partial charge in [-0.2, -0.15) is 0 Å². The van der Waals surface area contributed by atoms with Crippen LogP contribution < -0.4 is 0 Å². The summed E-state index contributed by atoms with van der Waals surface area (Å²) >= 11 is 0. The average molecular weight is 232 g/mol. The highest BCUT2D eigenvalue weighted by Gasteiger charge is 2.28. The highest BCUT2D eigenvalue weighted by molar-refractivity contribution is 5.70. The van der Waals surface area contributed by atoms with Crippen molar-refractivity contribution < 1.29 is 0 Å². The Morgan fingerprint density at radius 3 is 2.56 bits per heavy atom. The molecule has 0 amide bonds. The third-order valence-electron chi connectivity index (χ3n) is 3.59. The maximum atomic E-state index is 4.28. The van der Waals surface area contributed by atoms with Gasteiger partial charge in [-0.15, -0.1) is 0 Å². The summed E-state index contributed by atoms with van der Waals surface area (Å²) in [5, 5.41) is 0. The Bertz CT molecular complexity index is 698. The van der Waals surface area contributed by atoms with Crippen molar-refractivity contribution in [2.75, 3.05) is 0 Å². The number of fused-ring (bicyclic) bond motifs is 3. The minimum Gasteiger partial charge on any atom is -0.319 e. The zero-order chi connectivity index (χ0) is 11.9. The fourth-order valence-corrected chi connectivity index (χ4v) is 2.81. The Balaban J connectivity index is 2.00. The molecule has 0 aliphatic carbocycles. The maximum Gasteiger partial charge on any atom is 0.0959 e. The summed E-state index contributed by atoms with van der Waals surface area (Å²) in [6.07, 6.45) is 3.87. The van der Waals surface area contributed by atoms with E-state index in [1.165, 1.54) is 22.4 Å². The molecule has 0 bridgehead atoms. The van der Waals surface area contributed by atoms with E-state index in [1.807, 2.05) is 12.5 Å². The number of nitrogens with zero attached hydrogens (tertiary/aromatic N) is 2. The van der Waals surface area contributed by atoms with Crippen molar-refractivity contribution >= 4 is 0 Å². The van der Waals surface area contributed by atoms with E-state index in [0.717, 1.165) is 0 Å². The molecule has 18 heavy (non-hydrogen) atoms. The molecule has 0 radical (unpaired) electrons. The normalized spacial score (nSPS) is 16.3. The van der Waals surface area contributed by atoms with Gasteiger partial charge in [0.15, 0.2) is 0 Å². The number of benzene rings is 2. The summed E-state index contributed by atoms with van der Waals surface area (Å²) in [6, 6.07) is 19.4. The van der Waals surface area contributed by atoms with Crippen LogP contribution in [0.3, 0.4) is 0 Å². The summed E-state index contributed by atoms with van der Waals surface area (Å²) < 4.78 is 2.25. The van der Waals surface area contributed by atoms with E-state index in [-0.39, 0.29) is 6.04 Å². The van der Waals surface area contributed by atoms with Crippen LogP contribution in [0, 0.1) is 0 Å². The summed E-state index contributed by atoms with van der Waals surface area (Å²) in [4.78, 5) is 4.28. The third kappa shape index (κ3) is 1.20. The largest absolute Gasteiger partial charge is 0.319 e. The molecule has 1 atom stereocenters. The van der Waals surface area contributed by atoms with Crippen molar-refractivity contribution in [1.29, 1.82) is 0 Å². The van der Waals surface area contributed by atoms with Crippen LogP contribution in [0.2, 0.25) is 0 Å². The molecule has 3 aromatic rings. The second-order valence-corrected chi connectivity index (χ2v) is 4.59. The van der Waals surface area contributed by atoms with Gasteiger partial charge in [0.05, 0.1) is 24.3 Å². The molecule has 0 unspecified atom stereocenters. The predicted molar refractivity (Wildman–Crippen MR) is 71.3 cm³/mol. The van der Waals surface area contributed by atoms with E-state index in [1.54, 1.807) is 0 Å². The molecule has 2 nitrogen and oxygen atoms in total. The first-order valence-corrected chi connectivity index (χ1v) is 6.11. The molecule has 0 spiro atoms. The monoisotopic (exact) mass is 232 g/mol. The Morgan fingerprint density at radius 2 is 1.67 bits per heavy atom. The number of hydrogen-bond acceptors (Lipinski definition) is 1. The van der Waals surface area contributed by atoms with Crippen LogP contribution in [0.1, 0.15) is 17.2 Å². The fourth-order valence-electron chi connectivity index (χ4n) is 2.81. The lowest BCUT2D eigenvalue weighted by atomic mass is 9.97. The molecule has 0 fully saturated rings. The van der Waals surface area contributed by atoms with E-state index < -0.39 is 0 Å². The predicted octanol–water partition coefficient (Wildman–Crippen LogP) is 3.50. The van der Waals surface area contributed by atoms with Gasteiger partial charge in [0.2, 0.25) is 0 Å². The third-order valence-corrected chi connectivity index (χ3v) is 3.59. The van der Waals surface area contributed by atoms with Crippen LogP contribution in [0.15, 0.2) is 67.1 Å². The van der Waals surface area contributed by atoms with Crippen LogP contribution in [0.4, 0.5) is 0 Å². The van der Waals surface area contributed by atoms with Crippen molar-refractivity contribution in [2.45, 2.75) is 6.04 Å². The van der Waals surface area contributed by atoms with Crippen LogP contribution in [0.25, 0.3) is 11.3 Å². The topological polar surface area (TPSA) is 17.8 Å². The van der Waals surface area contributed by atoms with E-state index in [0.29, 0.717) is 0 Å². The Kier molecular flexibility index (Phi) is 1.92. The number of rotatable bonds is 1. The van der Waals surface area contributed by atoms with Gasteiger partial charge in [-0.3, -0.25) is 0 Å². The molecule has 2 heterocycles. The maximum absolute atomic E-state index is 4.28. The number of hydrogen-bond donors (Lipinski definition) is 0. The van der Waals surface area contributed by atoms with E-state index in [9.17, 15) is 0 Å². The molecule has 1 aromatic heterocycles. The van der Waals surface area contributed by atoms with Gasteiger partial charge in [-0.1, -0.05) is 54.6 Å². The molecular weight excluding hydrogens is 220 g/mol. The Hall–Kier alpha value is -2.35. The highest BCUT2D eigenvalue weighted by atomic mass is 15.1. The summed E-state index contributed by atoms with van der Waals surface area (Å²) in [6.45, 7) is 0. The van der Waals surface area contributed by atoms with Gasteiger partial charge in [0.1, 0.15) is 0 Å². The van der Waals surface area contributed by atoms with Crippen molar-refractivity contribution in [1.82, 2.24) is 9.55 Å². The van der Waals surface area contributed by atoms with E-state index in [4.69, 9.17) is 0 Å². The Morgan fingerprint density at radius 1 is 0.889 bits per heavy atom. The van der Waals surface area contributed by atoms with Crippen molar-refractivity contribution in [3.63, 3.8) is 0 Å². The van der Waals surface area contributed by atoms with Gasteiger partial charge < -0.3 is 4.57 Å². The van der Waals surface area contributed by atoms with E-state index >= 15 is 0 Å². The van der Waals surface area contributed by atoms with Gasteiger partial charge in [0.25, 0.3) is 0 Å². The molecule has 2 aromatic carbocycles. The fraction of sp³-hybridized carbons (Fsp3) is 0.0625. The van der Waals surface area contributed by atoms with Gasteiger partial charge in [-0.25, -0.2) is 4.98 Å². The summed E-state index contributed by atoms with van der Waals surface area (Å²) in [5.41, 5.74) is 5.17. The molecule has 0 saturated carbocycles. The minimum absolute atomic E-state index is 0.264. The summed E-state index contributed by atoms with van der Waals surface area (Å²) in [7, 11) is 0. The average Bonchev–Trinajstić information content (AvgIpc) is 2.99. The van der Waals surface area contributed by atoms with Crippen molar-refractivity contribution in [3.05, 3.63) is 78.2 Å². The lowest BCUT2D eigenvalue weighted by Gasteiger charge is -2.14. The lowest BCUT2D eigenvalue weighted by Crippen LogP contribution is -2.06. The van der Waals surface area contributed by atoms with Gasteiger partial charge >= 0.3 is 0 Å². The molecule has 2 heteroatoms. The first-order chi connectivity index (χ1) is 8.95. The second-order valence-electron chi connectivity index (χ2n) is 4.59. The van der Waals surface area contributed by atoms with Crippen LogP contribution >= 0.6 is 0 Å².